The third-order valence-corrected chi connectivity index (χ3v) is 4.08. The number of likely N-dealkylation sites (tertiary alicyclic amines) is 1. The normalized spacial score (nSPS) is 45.6. The molecule has 2 rings (SSSR count). The lowest BCUT2D eigenvalue weighted by atomic mass is 9.92. The van der Waals surface area contributed by atoms with Crippen molar-refractivity contribution in [2.45, 2.75) is 58.2 Å². The molecule has 2 fully saturated rings. The molecule has 0 bridgehead atoms. The third-order valence-electron chi connectivity index (χ3n) is 4.08. The number of nitrogens with one attached hydrogen (secondary N) is 1. The van der Waals surface area contributed by atoms with Gasteiger partial charge in [-0.25, -0.2) is 0 Å². The molecule has 2 saturated heterocycles. The fourth-order valence-electron chi connectivity index (χ4n) is 3.08. The van der Waals surface area contributed by atoms with Crippen LogP contribution >= 0.6 is 0 Å². The summed E-state index contributed by atoms with van der Waals surface area (Å²) in [7, 11) is 0. The number of hydrogen-bond donors (Lipinski definition) is 1. The van der Waals surface area contributed by atoms with Crippen LogP contribution < -0.4 is 5.32 Å². The summed E-state index contributed by atoms with van der Waals surface area (Å²) in [6.45, 7) is 9.66. The molecule has 4 unspecified atom stereocenters. The molecule has 0 amide bonds. The van der Waals surface area contributed by atoms with Gasteiger partial charge >= 0.3 is 0 Å². The first-order valence-electron chi connectivity index (χ1n) is 6.17. The van der Waals surface area contributed by atoms with Crippen molar-refractivity contribution < 1.29 is 0 Å². The summed E-state index contributed by atoms with van der Waals surface area (Å²) in [6.07, 6.45) is 4.16. The topological polar surface area (TPSA) is 15.3 Å². The van der Waals surface area contributed by atoms with Crippen molar-refractivity contribution in [3.8, 4) is 0 Å². The molecule has 2 aliphatic rings. The van der Waals surface area contributed by atoms with E-state index in [9.17, 15) is 0 Å². The summed E-state index contributed by atoms with van der Waals surface area (Å²) in [4.78, 5) is 2.75. The zero-order valence-electron chi connectivity index (χ0n) is 9.79. The van der Waals surface area contributed by atoms with Crippen molar-refractivity contribution in [3.05, 3.63) is 0 Å². The third kappa shape index (κ3) is 1.96. The Morgan fingerprint density at radius 3 is 2.50 bits per heavy atom. The standard InChI is InChI=1S/C12H24N2/c1-9-4-5-10(2)14(8-9)12-6-7-13-11(12)3/h9-13H,4-8H2,1-3H3. The first-order valence-corrected chi connectivity index (χ1v) is 6.17. The molecular weight excluding hydrogens is 172 g/mol. The monoisotopic (exact) mass is 196 g/mol. The quantitative estimate of drug-likeness (QED) is 0.688. The van der Waals surface area contributed by atoms with Crippen molar-refractivity contribution in [1.82, 2.24) is 10.2 Å². The van der Waals surface area contributed by atoms with Crippen LogP contribution in [0.3, 0.4) is 0 Å². The van der Waals surface area contributed by atoms with Gasteiger partial charge in [-0.05, 0) is 45.6 Å². The van der Waals surface area contributed by atoms with Gasteiger partial charge in [0.1, 0.15) is 0 Å². The molecular formula is C12H24N2. The Morgan fingerprint density at radius 2 is 1.86 bits per heavy atom. The first-order chi connectivity index (χ1) is 6.68. The Balaban J connectivity index is 2.00. The SMILES string of the molecule is CC1CCC(C)N(C2CCNC2C)C1. The molecule has 0 spiro atoms. The summed E-state index contributed by atoms with van der Waals surface area (Å²) >= 11 is 0. The predicted octanol–water partition coefficient (Wildman–Crippen LogP) is 1.86. The molecule has 82 valence electrons. The zero-order chi connectivity index (χ0) is 10.1. The average Bonchev–Trinajstić information content (AvgIpc) is 2.56. The van der Waals surface area contributed by atoms with E-state index in [2.05, 4.69) is 31.0 Å². The van der Waals surface area contributed by atoms with Crippen LogP contribution in [0, 0.1) is 5.92 Å². The fraction of sp³-hybridized carbons (Fsp3) is 1.00. The highest BCUT2D eigenvalue weighted by molar-refractivity contribution is 4.92. The Hall–Kier alpha value is -0.0800. The van der Waals surface area contributed by atoms with Crippen LogP contribution in [0.25, 0.3) is 0 Å². The summed E-state index contributed by atoms with van der Waals surface area (Å²) in [5.41, 5.74) is 0. The van der Waals surface area contributed by atoms with Crippen LogP contribution in [0.5, 0.6) is 0 Å². The Kier molecular flexibility index (Phi) is 3.13. The Labute approximate surface area is 88.1 Å². The van der Waals surface area contributed by atoms with E-state index in [0.29, 0.717) is 6.04 Å². The molecule has 2 heteroatoms. The van der Waals surface area contributed by atoms with Crippen molar-refractivity contribution >= 4 is 0 Å². The lowest BCUT2D eigenvalue weighted by Gasteiger charge is -2.42. The maximum atomic E-state index is 3.56. The van der Waals surface area contributed by atoms with E-state index in [0.717, 1.165) is 18.0 Å². The predicted molar refractivity (Wildman–Crippen MR) is 60.4 cm³/mol. The van der Waals surface area contributed by atoms with E-state index < -0.39 is 0 Å². The highest BCUT2D eigenvalue weighted by Crippen LogP contribution is 2.27. The molecule has 14 heavy (non-hydrogen) atoms. The molecule has 4 atom stereocenters. The smallest absolute Gasteiger partial charge is 0.0261 e. The van der Waals surface area contributed by atoms with Gasteiger partial charge < -0.3 is 5.32 Å². The van der Waals surface area contributed by atoms with Crippen LogP contribution in [0.4, 0.5) is 0 Å². The van der Waals surface area contributed by atoms with Gasteiger partial charge in [-0.2, -0.15) is 0 Å². The van der Waals surface area contributed by atoms with Crippen molar-refractivity contribution in [3.63, 3.8) is 0 Å². The van der Waals surface area contributed by atoms with Gasteiger partial charge in [0.15, 0.2) is 0 Å². The summed E-state index contributed by atoms with van der Waals surface area (Å²) in [6, 6.07) is 2.30. The number of nitrogens with zero attached hydrogens (tertiary/aromatic N) is 1. The maximum absolute atomic E-state index is 3.56. The summed E-state index contributed by atoms with van der Waals surface area (Å²) < 4.78 is 0. The van der Waals surface area contributed by atoms with Crippen LogP contribution in [0.2, 0.25) is 0 Å². The lowest BCUT2D eigenvalue weighted by molar-refractivity contribution is 0.0728. The van der Waals surface area contributed by atoms with Crippen LogP contribution in [0.15, 0.2) is 0 Å². The minimum atomic E-state index is 0.697. The number of piperidine rings is 1. The highest BCUT2D eigenvalue weighted by atomic mass is 15.2. The molecule has 2 nitrogen and oxygen atoms in total. The summed E-state index contributed by atoms with van der Waals surface area (Å²) in [5, 5.41) is 3.56. The molecule has 0 aromatic carbocycles. The lowest BCUT2D eigenvalue weighted by Crippen LogP contribution is -2.51. The number of hydrogen-bond acceptors (Lipinski definition) is 2. The van der Waals surface area contributed by atoms with E-state index >= 15 is 0 Å². The molecule has 0 saturated carbocycles. The summed E-state index contributed by atoms with van der Waals surface area (Å²) in [5.74, 6) is 0.902. The molecule has 0 aliphatic carbocycles. The molecule has 2 heterocycles. The molecule has 1 N–H and O–H groups in total. The number of rotatable bonds is 1. The van der Waals surface area contributed by atoms with Gasteiger partial charge in [0.05, 0.1) is 0 Å². The largest absolute Gasteiger partial charge is 0.313 e. The van der Waals surface area contributed by atoms with Gasteiger partial charge in [-0.15, -0.1) is 0 Å². The maximum Gasteiger partial charge on any atom is 0.0261 e. The Morgan fingerprint density at radius 1 is 1.07 bits per heavy atom. The average molecular weight is 196 g/mol. The first kappa shape index (κ1) is 10.4. The van der Waals surface area contributed by atoms with Crippen LogP contribution in [-0.4, -0.2) is 36.1 Å². The van der Waals surface area contributed by atoms with Gasteiger partial charge in [-0.3, -0.25) is 4.90 Å². The van der Waals surface area contributed by atoms with Crippen LogP contribution in [-0.2, 0) is 0 Å². The fourth-order valence-corrected chi connectivity index (χ4v) is 3.08. The highest BCUT2D eigenvalue weighted by Gasteiger charge is 2.34. The second kappa shape index (κ2) is 4.19. The second-order valence-electron chi connectivity index (χ2n) is 5.33. The van der Waals surface area contributed by atoms with Gasteiger partial charge in [-0.1, -0.05) is 6.92 Å². The second-order valence-corrected chi connectivity index (χ2v) is 5.33. The van der Waals surface area contributed by atoms with E-state index in [-0.39, 0.29) is 0 Å². The molecule has 0 radical (unpaired) electrons. The molecule has 0 aromatic rings. The van der Waals surface area contributed by atoms with Gasteiger partial charge in [0, 0.05) is 24.7 Å². The van der Waals surface area contributed by atoms with E-state index in [1.54, 1.807) is 0 Å². The minimum absolute atomic E-state index is 0.697. The minimum Gasteiger partial charge on any atom is -0.313 e. The van der Waals surface area contributed by atoms with Gasteiger partial charge in [0.25, 0.3) is 0 Å². The zero-order valence-corrected chi connectivity index (χ0v) is 9.79. The molecule has 2 aliphatic heterocycles. The molecule has 0 aromatic heterocycles. The van der Waals surface area contributed by atoms with Gasteiger partial charge in [0.2, 0.25) is 0 Å². The Bertz CT molecular complexity index is 193. The van der Waals surface area contributed by atoms with Crippen LogP contribution in [0.1, 0.15) is 40.0 Å². The van der Waals surface area contributed by atoms with Crippen molar-refractivity contribution in [2.24, 2.45) is 5.92 Å². The van der Waals surface area contributed by atoms with E-state index in [1.807, 2.05) is 0 Å². The van der Waals surface area contributed by atoms with Crippen molar-refractivity contribution in [2.75, 3.05) is 13.1 Å². The van der Waals surface area contributed by atoms with E-state index in [4.69, 9.17) is 0 Å². The van der Waals surface area contributed by atoms with E-state index in [1.165, 1.54) is 32.4 Å². The van der Waals surface area contributed by atoms with Crippen molar-refractivity contribution in [1.29, 1.82) is 0 Å².